The number of hydrogen-bond acceptors (Lipinski definition) is 3. The smallest absolute Gasteiger partial charge is 0.257 e. The summed E-state index contributed by atoms with van der Waals surface area (Å²) >= 11 is 0. The number of likely N-dealkylation sites (tertiary alicyclic amines) is 1. The maximum atomic E-state index is 11.6. The first-order chi connectivity index (χ1) is 10.1. The number of carbonyl (C=O) groups is 2. The molecule has 1 aromatic carbocycles. The van der Waals surface area contributed by atoms with Gasteiger partial charge in [0.05, 0.1) is 0 Å². The van der Waals surface area contributed by atoms with Gasteiger partial charge in [0.25, 0.3) is 5.91 Å². The van der Waals surface area contributed by atoms with Crippen molar-refractivity contribution in [2.24, 2.45) is 0 Å². The Bertz CT molecular complexity index is 502. The molecule has 0 saturated carbocycles. The van der Waals surface area contributed by atoms with Crippen LogP contribution in [0.2, 0.25) is 0 Å². The molecule has 5 heteroatoms. The molecule has 1 saturated heterocycles. The molecule has 2 rings (SSSR count). The van der Waals surface area contributed by atoms with Crippen LogP contribution in [0.3, 0.4) is 0 Å². The number of nitrogens with zero attached hydrogens (tertiary/aromatic N) is 1. The molecule has 1 N–H and O–H groups in total. The van der Waals surface area contributed by atoms with E-state index in [9.17, 15) is 9.59 Å². The van der Waals surface area contributed by atoms with Crippen molar-refractivity contribution in [2.45, 2.75) is 26.2 Å². The average molecular weight is 290 g/mol. The molecular formula is C16H22N2O3. The van der Waals surface area contributed by atoms with E-state index in [1.54, 1.807) is 0 Å². The second kappa shape index (κ2) is 7.67. The van der Waals surface area contributed by atoms with Gasteiger partial charge in [-0.1, -0.05) is 12.1 Å². The largest absolute Gasteiger partial charge is 0.484 e. The Morgan fingerprint density at radius 2 is 2.29 bits per heavy atom. The van der Waals surface area contributed by atoms with E-state index < -0.39 is 0 Å². The number of aryl methyl sites for hydroxylation is 1. The minimum Gasteiger partial charge on any atom is -0.484 e. The molecule has 114 valence electrons. The Morgan fingerprint density at radius 3 is 3.00 bits per heavy atom. The van der Waals surface area contributed by atoms with E-state index in [4.69, 9.17) is 4.74 Å². The van der Waals surface area contributed by atoms with Crippen LogP contribution in [0.4, 0.5) is 0 Å². The summed E-state index contributed by atoms with van der Waals surface area (Å²) in [5.41, 5.74) is 1.10. The van der Waals surface area contributed by atoms with E-state index in [1.807, 2.05) is 36.1 Å². The third kappa shape index (κ3) is 5.10. The van der Waals surface area contributed by atoms with Crippen LogP contribution < -0.4 is 10.1 Å². The topological polar surface area (TPSA) is 58.6 Å². The molecular weight excluding hydrogens is 268 g/mol. The van der Waals surface area contributed by atoms with E-state index in [-0.39, 0.29) is 18.4 Å². The maximum Gasteiger partial charge on any atom is 0.257 e. The summed E-state index contributed by atoms with van der Waals surface area (Å²) in [6, 6.07) is 7.60. The molecule has 21 heavy (non-hydrogen) atoms. The Hall–Kier alpha value is -2.04. The van der Waals surface area contributed by atoms with Gasteiger partial charge in [-0.3, -0.25) is 9.59 Å². The van der Waals surface area contributed by atoms with Gasteiger partial charge in [0.1, 0.15) is 5.75 Å². The third-order valence-electron chi connectivity index (χ3n) is 3.46. The first kappa shape index (κ1) is 15.4. The van der Waals surface area contributed by atoms with Gasteiger partial charge in [-0.15, -0.1) is 0 Å². The van der Waals surface area contributed by atoms with Gasteiger partial charge in [-0.25, -0.2) is 0 Å². The van der Waals surface area contributed by atoms with Crippen LogP contribution >= 0.6 is 0 Å². The summed E-state index contributed by atoms with van der Waals surface area (Å²) in [6.07, 6.45) is 2.40. The molecule has 0 aromatic heterocycles. The van der Waals surface area contributed by atoms with Gasteiger partial charge in [0.2, 0.25) is 5.91 Å². The van der Waals surface area contributed by atoms with Gasteiger partial charge < -0.3 is 15.0 Å². The zero-order valence-corrected chi connectivity index (χ0v) is 12.4. The standard InChI is InChI=1S/C16H22N2O3/c1-13-5-2-6-14(11-13)21-12-15(19)17-8-4-10-18-9-3-7-16(18)20/h2,5-6,11H,3-4,7-10,12H2,1H3,(H,17,19). The van der Waals surface area contributed by atoms with Crippen molar-refractivity contribution < 1.29 is 14.3 Å². The number of carbonyl (C=O) groups excluding carboxylic acids is 2. The van der Waals surface area contributed by atoms with Gasteiger partial charge >= 0.3 is 0 Å². The Morgan fingerprint density at radius 1 is 1.43 bits per heavy atom. The molecule has 0 aliphatic carbocycles. The Balaban J connectivity index is 1.58. The van der Waals surface area contributed by atoms with Crippen molar-refractivity contribution in [3.05, 3.63) is 29.8 Å². The second-order valence-corrected chi connectivity index (χ2v) is 5.29. The number of amides is 2. The molecule has 5 nitrogen and oxygen atoms in total. The lowest BCUT2D eigenvalue weighted by Gasteiger charge is -2.15. The molecule has 1 aliphatic heterocycles. The fourth-order valence-electron chi connectivity index (χ4n) is 2.34. The van der Waals surface area contributed by atoms with Crippen molar-refractivity contribution in [1.29, 1.82) is 0 Å². The molecule has 1 fully saturated rings. The quantitative estimate of drug-likeness (QED) is 0.774. The summed E-state index contributed by atoms with van der Waals surface area (Å²) in [5.74, 6) is 0.793. The van der Waals surface area contributed by atoms with Crippen LogP contribution in [0.5, 0.6) is 5.75 Å². The number of hydrogen-bond donors (Lipinski definition) is 1. The van der Waals surface area contributed by atoms with Gasteiger partial charge in [-0.05, 0) is 37.5 Å². The van der Waals surface area contributed by atoms with Crippen molar-refractivity contribution in [2.75, 3.05) is 26.2 Å². The molecule has 0 bridgehead atoms. The highest BCUT2D eigenvalue weighted by Crippen LogP contribution is 2.12. The highest BCUT2D eigenvalue weighted by molar-refractivity contribution is 5.78. The summed E-state index contributed by atoms with van der Waals surface area (Å²) in [4.78, 5) is 24.9. The zero-order chi connectivity index (χ0) is 15.1. The fourth-order valence-corrected chi connectivity index (χ4v) is 2.34. The van der Waals surface area contributed by atoms with E-state index >= 15 is 0 Å². The summed E-state index contributed by atoms with van der Waals surface area (Å²) in [5, 5.41) is 2.80. The number of nitrogens with one attached hydrogen (secondary N) is 1. The van der Waals surface area contributed by atoms with E-state index in [0.717, 1.165) is 31.5 Å². The highest BCUT2D eigenvalue weighted by atomic mass is 16.5. The fraction of sp³-hybridized carbons (Fsp3) is 0.500. The van der Waals surface area contributed by atoms with Crippen molar-refractivity contribution in [1.82, 2.24) is 10.2 Å². The predicted molar refractivity (Wildman–Crippen MR) is 80.1 cm³/mol. The van der Waals surface area contributed by atoms with Crippen LogP contribution in [-0.2, 0) is 9.59 Å². The van der Waals surface area contributed by atoms with Crippen molar-refractivity contribution in [3.63, 3.8) is 0 Å². The first-order valence-corrected chi connectivity index (χ1v) is 7.39. The Labute approximate surface area is 125 Å². The van der Waals surface area contributed by atoms with Gasteiger partial charge in [-0.2, -0.15) is 0 Å². The third-order valence-corrected chi connectivity index (χ3v) is 3.46. The minimum atomic E-state index is -0.135. The van der Waals surface area contributed by atoms with Crippen LogP contribution in [0, 0.1) is 6.92 Å². The lowest BCUT2D eigenvalue weighted by atomic mass is 10.2. The lowest BCUT2D eigenvalue weighted by Crippen LogP contribution is -2.33. The molecule has 0 spiro atoms. The van der Waals surface area contributed by atoms with Crippen LogP contribution in [-0.4, -0.2) is 43.0 Å². The number of benzene rings is 1. The van der Waals surface area contributed by atoms with Crippen LogP contribution in [0.15, 0.2) is 24.3 Å². The highest BCUT2D eigenvalue weighted by Gasteiger charge is 2.18. The molecule has 2 amide bonds. The molecule has 0 radical (unpaired) electrons. The van der Waals surface area contributed by atoms with E-state index in [2.05, 4.69) is 5.32 Å². The van der Waals surface area contributed by atoms with Crippen molar-refractivity contribution in [3.8, 4) is 5.75 Å². The SMILES string of the molecule is Cc1cccc(OCC(=O)NCCCN2CCCC2=O)c1. The predicted octanol–water partition coefficient (Wildman–Crippen LogP) is 1.50. The van der Waals surface area contributed by atoms with Gasteiger partial charge in [0.15, 0.2) is 6.61 Å². The van der Waals surface area contributed by atoms with Crippen molar-refractivity contribution >= 4 is 11.8 Å². The zero-order valence-electron chi connectivity index (χ0n) is 12.4. The van der Waals surface area contributed by atoms with E-state index in [0.29, 0.717) is 18.7 Å². The van der Waals surface area contributed by atoms with E-state index in [1.165, 1.54) is 0 Å². The Kier molecular flexibility index (Phi) is 5.60. The normalized spacial score (nSPS) is 14.3. The molecule has 1 heterocycles. The monoisotopic (exact) mass is 290 g/mol. The molecule has 1 aromatic rings. The summed E-state index contributed by atoms with van der Waals surface area (Å²) in [7, 11) is 0. The first-order valence-electron chi connectivity index (χ1n) is 7.39. The summed E-state index contributed by atoms with van der Waals surface area (Å²) < 4.78 is 5.42. The molecule has 1 aliphatic rings. The maximum absolute atomic E-state index is 11.6. The summed E-state index contributed by atoms with van der Waals surface area (Å²) in [6.45, 7) is 4.14. The van der Waals surface area contributed by atoms with Crippen LogP contribution in [0.25, 0.3) is 0 Å². The average Bonchev–Trinajstić information content (AvgIpc) is 2.87. The van der Waals surface area contributed by atoms with Crippen LogP contribution in [0.1, 0.15) is 24.8 Å². The number of ether oxygens (including phenoxy) is 1. The molecule has 0 atom stereocenters. The lowest BCUT2D eigenvalue weighted by molar-refractivity contribution is -0.127. The minimum absolute atomic E-state index is 0.0199. The van der Waals surface area contributed by atoms with Gasteiger partial charge in [0, 0.05) is 26.1 Å². The number of rotatable bonds is 7. The molecule has 0 unspecified atom stereocenters. The second-order valence-electron chi connectivity index (χ2n) is 5.29.